The first-order valence-electron chi connectivity index (χ1n) is 5.67. The van der Waals surface area contributed by atoms with Crippen molar-refractivity contribution in [1.82, 2.24) is 14.9 Å². The standard InChI is InChI=1S/C11H20N4S/c1-14(2)11-13-7-10(15(11)3)6-12-9-4-5-16-8-9/h7,9,12H,4-6,8H2,1-3H3. The van der Waals surface area contributed by atoms with Crippen molar-refractivity contribution in [2.45, 2.75) is 19.0 Å². The number of nitrogens with zero attached hydrogens (tertiary/aromatic N) is 3. The average Bonchev–Trinajstić information content (AvgIpc) is 2.84. The summed E-state index contributed by atoms with van der Waals surface area (Å²) < 4.78 is 2.15. The van der Waals surface area contributed by atoms with Crippen LogP contribution in [0.15, 0.2) is 6.20 Å². The van der Waals surface area contributed by atoms with E-state index in [9.17, 15) is 0 Å². The van der Waals surface area contributed by atoms with Crippen LogP contribution in [-0.4, -0.2) is 41.2 Å². The van der Waals surface area contributed by atoms with Crippen LogP contribution in [0, 0.1) is 0 Å². The number of nitrogens with one attached hydrogen (secondary N) is 1. The van der Waals surface area contributed by atoms with Crippen LogP contribution in [0.4, 0.5) is 5.95 Å². The molecule has 0 radical (unpaired) electrons. The molecule has 1 saturated heterocycles. The molecular weight excluding hydrogens is 220 g/mol. The van der Waals surface area contributed by atoms with Crippen LogP contribution < -0.4 is 10.2 Å². The van der Waals surface area contributed by atoms with Gasteiger partial charge in [-0.05, 0) is 12.2 Å². The van der Waals surface area contributed by atoms with Crippen molar-refractivity contribution >= 4 is 17.7 Å². The van der Waals surface area contributed by atoms with E-state index in [1.807, 2.05) is 37.0 Å². The van der Waals surface area contributed by atoms with E-state index in [2.05, 4.69) is 21.9 Å². The Morgan fingerprint density at radius 1 is 1.62 bits per heavy atom. The number of rotatable bonds is 4. The fraction of sp³-hybridized carbons (Fsp3) is 0.727. The fourth-order valence-electron chi connectivity index (χ4n) is 1.96. The third-order valence-corrected chi connectivity index (χ3v) is 4.12. The van der Waals surface area contributed by atoms with Gasteiger partial charge in [-0.25, -0.2) is 4.98 Å². The maximum atomic E-state index is 4.40. The second-order valence-corrected chi connectivity index (χ2v) is 5.59. The molecule has 1 fully saturated rings. The van der Waals surface area contributed by atoms with E-state index in [-0.39, 0.29) is 0 Å². The predicted octanol–water partition coefficient (Wildman–Crippen LogP) is 1.08. The zero-order chi connectivity index (χ0) is 11.5. The van der Waals surface area contributed by atoms with Crippen molar-refractivity contribution < 1.29 is 0 Å². The summed E-state index contributed by atoms with van der Waals surface area (Å²) in [6, 6.07) is 0.683. The van der Waals surface area contributed by atoms with Crippen LogP contribution in [-0.2, 0) is 13.6 Å². The van der Waals surface area contributed by atoms with Crippen LogP contribution in [0.25, 0.3) is 0 Å². The summed E-state index contributed by atoms with van der Waals surface area (Å²) in [4.78, 5) is 6.44. The highest BCUT2D eigenvalue weighted by atomic mass is 32.2. The minimum Gasteiger partial charge on any atom is -0.348 e. The molecule has 2 heterocycles. The fourth-order valence-corrected chi connectivity index (χ4v) is 3.14. The van der Waals surface area contributed by atoms with Gasteiger partial charge < -0.3 is 14.8 Å². The zero-order valence-corrected chi connectivity index (χ0v) is 11.0. The molecule has 1 atom stereocenters. The quantitative estimate of drug-likeness (QED) is 0.854. The highest BCUT2D eigenvalue weighted by molar-refractivity contribution is 7.99. The molecule has 16 heavy (non-hydrogen) atoms. The molecule has 0 aromatic carbocycles. The van der Waals surface area contributed by atoms with Gasteiger partial charge in [0.2, 0.25) is 5.95 Å². The van der Waals surface area contributed by atoms with Gasteiger partial charge in [-0.3, -0.25) is 0 Å². The minimum atomic E-state index is 0.683. The minimum absolute atomic E-state index is 0.683. The second-order valence-electron chi connectivity index (χ2n) is 4.44. The predicted molar refractivity (Wildman–Crippen MR) is 70.1 cm³/mol. The summed E-state index contributed by atoms with van der Waals surface area (Å²) in [5, 5.41) is 3.59. The van der Waals surface area contributed by atoms with Gasteiger partial charge in [-0.2, -0.15) is 11.8 Å². The Kier molecular flexibility index (Phi) is 3.76. The maximum absolute atomic E-state index is 4.40. The first-order valence-corrected chi connectivity index (χ1v) is 6.83. The molecule has 5 heteroatoms. The van der Waals surface area contributed by atoms with E-state index in [1.165, 1.54) is 23.6 Å². The normalized spacial score (nSPS) is 20.3. The molecule has 1 aliphatic rings. The molecule has 0 bridgehead atoms. The van der Waals surface area contributed by atoms with Crippen LogP contribution in [0.3, 0.4) is 0 Å². The summed E-state index contributed by atoms with van der Waals surface area (Å²) in [6.07, 6.45) is 3.26. The van der Waals surface area contributed by atoms with E-state index < -0.39 is 0 Å². The highest BCUT2D eigenvalue weighted by Gasteiger charge is 2.15. The molecule has 1 unspecified atom stereocenters. The summed E-state index contributed by atoms with van der Waals surface area (Å²) in [5.74, 6) is 3.56. The molecule has 90 valence electrons. The third kappa shape index (κ3) is 2.52. The summed E-state index contributed by atoms with van der Waals surface area (Å²) in [5.41, 5.74) is 1.25. The van der Waals surface area contributed by atoms with Crippen molar-refractivity contribution in [2.75, 3.05) is 30.5 Å². The topological polar surface area (TPSA) is 33.1 Å². The largest absolute Gasteiger partial charge is 0.348 e. The molecule has 4 nitrogen and oxygen atoms in total. The van der Waals surface area contributed by atoms with Gasteiger partial charge in [0.05, 0.1) is 11.9 Å². The maximum Gasteiger partial charge on any atom is 0.204 e. The van der Waals surface area contributed by atoms with E-state index in [4.69, 9.17) is 0 Å². The smallest absolute Gasteiger partial charge is 0.204 e. The number of aromatic nitrogens is 2. The number of thioether (sulfide) groups is 1. The van der Waals surface area contributed by atoms with Crippen molar-refractivity contribution in [3.63, 3.8) is 0 Å². The van der Waals surface area contributed by atoms with Gasteiger partial charge in [0.25, 0.3) is 0 Å². The van der Waals surface area contributed by atoms with Gasteiger partial charge in [0, 0.05) is 39.5 Å². The van der Waals surface area contributed by atoms with Crippen LogP contribution >= 0.6 is 11.8 Å². The average molecular weight is 240 g/mol. The molecule has 0 aliphatic carbocycles. The molecule has 1 aromatic rings. The van der Waals surface area contributed by atoms with E-state index in [0.29, 0.717) is 6.04 Å². The Bertz CT molecular complexity index is 342. The van der Waals surface area contributed by atoms with Crippen LogP contribution in [0.5, 0.6) is 0 Å². The Balaban J connectivity index is 1.93. The monoisotopic (exact) mass is 240 g/mol. The van der Waals surface area contributed by atoms with Crippen LogP contribution in [0.2, 0.25) is 0 Å². The lowest BCUT2D eigenvalue weighted by Crippen LogP contribution is -2.29. The molecule has 0 spiro atoms. The Morgan fingerprint density at radius 3 is 3.00 bits per heavy atom. The zero-order valence-electron chi connectivity index (χ0n) is 10.2. The highest BCUT2D eigenvalue weighted by Crippen LogP contribution is 2.18. The molecule has 2 rings (SSSR count). The number of hydrogen-bond acceptors (Lipinski definition) is 4. The molecule has 1 N–H and O–H groups in total. The second kappa shape index (κ2) is 5.10. The van der Waals surface area contributed by atoms with Gasteiger partial charge >= 0.3 is 0 Å². The van der Waals surface area contributed by atoms with Crippen molar-refractivity contribution in [1.29, 1.82) is 0 Å². The van der Waals surface area contributed by atoms with Crippen molar-refractivity contribution in [3.8, 4) is 0 Å². The molecule has 0 saturated carbocycles. The summed E-state index contributed by atoms with van der Waals surface area (Å²) >= 11 is 2.04. The first-order chi connectivity index (χ1) is 7.68. The van der Waals surface area contributed by atoms with E-state index in [1.54, 1.807) is 0 Å². The number of hydrogen-bond donors (Lipinski definition) is 1. The third-order valence-electron chi connectivity index (χ3n) is 2.96. The molecule has 1 aromatic heterocycles. The SMILES string of the molecule is CN(C)c1ncc(CNC2CCSC2)n1C. The Morgan fingerprint density at radius 2 is 2.44 bits per heavy atom. The lowest BCUT2D eigenvalue weighted by molar-refractivity contribution is 0.544. The van der Waals surface area contributed by atoms with Gasteiger partial charge in [-0.15, -0.1) is 0 Å². The van der Waals surface area contributed by atoms with Crippen LogP contribution in [0.1, 0.15) is 12.1 Å². The van der Waals surface area contributed by atoms with Crippen molar-refractivity contribution in [2.24, 2.45) is 7.05 Å². The van der Waals surface area contributed by atoms with Crippen molar-refractivity contribution in [3.05, 3.63) is 11.9 Å². The van der Waals surface area contributed by atoms with E-state index in [0.717, 1.165) is 12.5 Å². The lowest BCUT2D eigenvalue weighted by atomic mass is 10.2. The summed E-state index contributed by atoms with van der Waals surface area (Å²) in [6.45, 7) is 0.919. The first kappa shape index (κ1) is 11.8. The van der Waals surface area contributed by atoms with E-state index >= 15 is 0 Å². The van der Waals surface area contributed by atoms with Gasteiger partial charge in [-0.1, -0.05) is 0 Å². The number of imidazole rings is 1. The lowest BCUT2D eigenvalue weighted by Gasteiger charge is -2.14. The number of anilines is 1. The van der Waals surface area contributed by atoms with Gasteiger partial charge in [0.15, 0.2) is 0 Å². The Labute approximate surface area is 101 Å². The molecule has 0 amide bonds. The molecule has 1 aliphatic heterocycles. The molecular formula is C11H20N4S. The summed E-state index contributed by atoms with van der Waals surface area (Å²) in [7, 11) is 6.11. The van der Waals surface area contributed by atoms with Gasteiger partial charge in [0.1, 0.15) is 0 Å². The Hall–Kier alpha value is -0.680.